The summed E-state index contributed by atoms with van der Waals surface area (Å²) in [5, 5.41) is 8.82. The third-order valence-electron chi connectivity index (χ3n) is 3.32. The number of benzene rings is 2. The van der Waals surface area contributed by atoms with E-state index in [1.165, 1.54) is 36.4 Å². The molecule has 2 rings (SSSR count). The standard InChI is InChI=1S/C16H14ClF2N3O4S/c1-9(10-2-5-12(6-3-10)26-16(18)19)21-22-15(23)11-4-7-13(17)14(8-11)27(20,24)25/h2-8,16H,1H3,(H,22,23)(H2,20,24,25)/b21-9+. The highest BCUT2D eigenvalue weighted by Crippen LogP contribution is 2.21. The summed E-state index contributed by atoms with van der Waals surface area (Å²) in [5.74, 6) is -0.698. The molecular formula is C16H14ClF2N3O4S. The molecule has 0 aliphatic carbocycles. The lowest BCUT2D eigenvalue weighted by Gasteiger charge is -2.07. The molecule has 0 heterocycles. The first kappa shape index (κ1) is 20.7. The van der Waals surface area contributed by atoms with Gasteiger partial charge in [-0.1, -0.05) is 11.6 Å². The summed E-state index contributed by atoms with van der Waals surface area (Å²) in [6.45, 7) is -1.34. The van der Waals surface area contributed by atoms with Gasteiger partial charge < -0.3 is 4.74 Å². The predicted octanol–water partition coefficient (Wildman–Crippen LogP) is 2.74. The Bertz CT molecular complexity index is 980. The lowest BCUT2D eigenvalue weighted by molar-refractivity contribution is -0.0498. The van der Waals surface area contributed by atoms with Crippen molar-refractivity contribution in [3.63, 3.8) is 0 Å². The van der Waals surface area contributed by atoms with Crippen molar-refractivity contribution in [2.45, 2.75) is 18.4 Å². The van der Waals surface area contributed by atoms with Gasteiger partial charge >= 0.3 is 6.61 Å². The number of ether oxygens (including phenoxy) is 1. The molecule has 0 atom stereocenters. The van der Waals surface area contributed by atoms with Crippen molar-refractivity contribution in [2.24, 2.45) is 10.2 Å². The first-order chi connectivity index (χ1) is 12.6. The van der Waals surface area contributed by atoms with E-state index in [1.54, 1.807) is 6.92 Å². The summed E-state index contributed by atoms with van der Waals surface area (Å²) < 4.78 is 51.4. The van der Waals surface area contributed by atoms with E-state index >= 15 is 0 Å². The smallest absolute Gasteiger partial charge is 0.387 e. The van der Waals surface area contributed by atoms with Crippen LogP contribution in [0.1, 0.15) is 22.8 Å². The predicted molar refractivity (Wildman–Crippen MR) is 95.6 cm³/mol. The monoisotopic (exact) mass is 417 g/mol. The third kappa shape index (κ3) is 5.71. The number of nitrogens with two attached hydrogens (primary N) is 1. The molecule has 0 bridgehead atoms. The van der Waals surface area contributed by atoms with Crippen molar-refractivity contribution in [3.8, 4) is 5.75 Å². The highest BCUT2D eigenvalue weighted by Gasteiger charge is 2.16. The van der Waals surface area contributed by atoms with Gasteiger partial charge in [-0.05, 0) is 55.0 Å². The number of halogens is 3. The minimum absolute atomic E-state index is 0.0118. The van der Waals surface area contributed by atoms with Gasteiger partial charge in [-0.15, -0.1) is 0 Å². The Labute approximate surface area is 158 Å². The number of carbonyl (C=O) groups is 1. The minimum atomic E-state index is -4.09. The number of hydrogen-bond acceptors (Lipinski definition) is 5. The molecule has 0 aliphatic heterocycles. The van der Waals surface area contributed by atoms with Gasteiger partial charge in [-0.3, -0.25) is 4.79 Å². The van der Waals surface area contributed by atoms with Gasteiger partial charge in [0.05, 0.1) is 10.7 Å². The number of alkyl halides is 2. The number of amides is 1. The van der Waals surface area contributed by atoms with Gasteiger partial charge in [0.25, 0.3) is 5.91 Å². The van der Waals surface area contributed by atoms with Crippen LogP contribution in [-0.4, -0.2) is 26.6 Å². The molecule has 0 aromatic heterocycles. The maximum atomic E-state index is 12.1. The summed E-state index contributed by atoms with van der Waals surface area (Å²) in [6.07, 6.45) is 0. The number of rotatable bonds is 6. The second-order valence-corrected chi connectivity index (χ2v) is 7.17. The number of carbonyl (C=O) groups excluding carboxylic acids is 1. The van der Waals surface area contributed by atoms with Crippen molar-refractivity contribution < 1.29 is 26.7 Å². The van der Waals surface area contributed by atoms with Gasteiger partial charge in [0.2, 0.25) is 10.0 Å². The van der Waals surface area contributed by atoms with Gasteiger partial charge in [-0.2, -0.15) is 13.9 Å². The van der Waals surface area contributed by atoms with Gasteiger partial charge in [0.15, 0.2) is 0 Å². The molecule has 11 heteroatoms. The average Bonchev–Trinajstić information content (AvgIpc) is 2.59. The molecule has 1 amide bonds. The largest absolute Gasteiger partial charge is 0.435 e. The van der Waals surface area contributed by atoms with Crippen molar-refractivity contribution in [3.05, 3.63) is 58.6 Å². The Hall–Kier alpha value is -2.56. The fourth-order valence-electron chi connectivity index (χ4n) is 2.00. The quantitative estimate of drug-likeness (QED) is 0.556. The van der Waals surface area contributed by atoms with Crippen molar-refractivity contribution >= 4 is 33.2 Å². The Balaban J connectivity index is 2.14. The summed E-state index contributed by atoms with van der Waals surface area (Å²) >= 11 is 5.76. The van der Waals surface area contributed by atoms with Crippen LogP contribution >= 0.6 is 11.6 Å². The lowest BCUT2D eigenvalue weighted by Crippen LogP contribution is -2.20. The summed E-state index contributed by atoms with van der Waals surface area (Å²) in [7, 11) is -4.09. The van der Waals surface area contributed by atoms with E-state index in [0.29, 0.717) is 11.3 Å². The molecular weight excluding hydrogens is 404 g/mol. The molecule has 2 aromatic carbocycles. The topological polar surface area (TPSA) is 111 Å². The summed E-state index contributed by atoms with van der Waals surface area (Å²) in [4.78, 5) is 11.8. The number of nitrogens with one attached hydrogen (secondary N) is 1. The van der Waals surface area contributed by atoms with Crippen LogP contribution in [0.4, 0.5) is 8.78 Å². The zero-order valence-electron chi connectivity index (χ0n) is 13.8. The highest BCUT2D eigenvalue weighted by atomic mass is 35.5. The van der Waals surface area contributed by atoms with Crippen LogP contribution in [-0.2, 0) is 10.0 Å². The molecule has 0 radical (unpaired) electrons. The van der Waals surface area contributed by atoms with E-state index in [-0.39, 0.29) is 21.2 Å². The number of primary sulfonamides is 1. The van der Waals surface area contributed by atoms with E-state index < -0.39 is 22.5 Å². The SMILES string of the molecule is C/C(=N\NC(=O)c1ccc(Cl)c(S(N)(=O)=O)c1)c1ccc(OC(F)F)cc1. The van der Waals surface area contributed by atoms with Crippen LogP contribution in [0.2, 0.25) is 5.02 Å². The first-order valence-corrected chi connectivity index (χ1v) is 9.22. The maximum Gasteiger partial charge on any atom is 0.387 e. The third-order valence-corrected chi connectivity index (χ3v) is 4.71. The molecule has 0 aliphatic rings. The molecule has 0 saturated carbocycles. The second-order valence-electron chi connectivity index (χ2n) is 5.23. The van der Waals surface area contributed by atoms with Crippen LogP contribution in [0.3, 0.4) is 0 Å². The normalized spacial score (nSPS) is 12.1. The molecule has 0 unspecified atom stereocenters. The van der Waals surface area contributed by atoms with E-state index in [1.807, 2.05) is 0 Å². The molecule has 2 aromatic rings. The second kappa shape index (κ2) is 8.42. The number of sulfonamides is 1. The number of hydrogen-bond donors (Lipinski definition) is 2. The number of hydrazone groups is 1. The Kier molecular flexibility index (Phi) is 6.47. The molecule has 0 spiro atoms. The number of nitrogens with zero attached hydrogens (tertiary/aromatic N) is 1. The van der Waals surface area contributed by atoms with Gasteiger partial charge in [-0.25, -0.2) is 19.0 Å². The zero-order chi connectivity index (χ0) is 20.2. The fraction of sp³-hybridized carbons (Fsp3) is 0.125. The van der Waals surface area contributed by atoms with Crippen LogP contribution in [0.25, 0.3) is 0 Å². The Morgan fingerprint density at radius 2 is 1.78 bits per heavy atom. The van der Waals surface area contributed by atoms with Crippen LogP contribution < -0.4 is 15.3 Å². The lowest BCUT2D eigenvalue weighted by atomic mass is 10.1. The molecule has 0 fully saturated rings. The summed E-state index contributed by atoms with van der Waals surface area (Å²) in [5.41, 5.74) is 3.18. The summed E-state index contributed by atoms with van der Waals surface area (Å²) in [6, 6.07) is 9.23. The van der Waals surface area contributed by atoms with Crippen molar-refractivity contribution in [1.29, 1.82) is 0 Å². The molecule has 27 heavy (non-hydrogen) atoms. The van der Waals surface area contributed by atoms with Gasteiger partial charge in [0, 0.05) is 5.56 Å². The molecule has 0 saturated heterocycles. The molecule has 3 N–H and O–H groups in total. The minimum Gasteiger partial charge on any atom is -0.435 e. The van der Waals surface area contributed by atoms with E-state index in [0.717, 1.165) is 6.07 Å². The van der Waals surface area contributed by atoms with Crippen molar-refractivity contribution in [1.82, 2.24) is 5.43 Å². The van der Waals surface area contributed by atoms with Gasteiger partial charge in [0.1, 0.15) is 10.6 Å². The van der Waals surface area contributed by atoms with Crippen LogP contribution in [0, 0.1) is 0 Å². The molecule has 7 nitrogen and oxygen atoms in total. The first-order valence-electron chi connectivity index (χ1n) is 7.30. The van der Waals surface area contributed by atoms with E-state index in [9.17, 15) is 22.0 Å². The Morgan fingerprint density at radius 3 is 2.33 bits per heavy atom. The molecule has 144 valence electrons. The Morgan fingerprint density at radius 1 is 1.19 bits per heavy atom. The maximum absolute atomic E-state index is 12.1. The average molecular weight is 418 g/mol. The highest BCUT2D eigenvalue weighted by molar-refractivity contribution is 7.89. The fourth-order valence-corrected chi connectivity index (χ4v) is 3.08. The zero-order valence-corrected chi connectivity index (χ0v) is 15.4. The van der Waals surface area contributed by atoms with E-state index in [4.69, 9.17) is 16.7 Å². The van der Waals surface area contributed by atoms with Crippen molar-refractivity contribution in [2.75, 3.05) is 0 Å². The van der Waals surface area contributed by atoms with Crippen LogP contribution in [0.5, 0.6) is 5.75 Å². The van der Waals surface area contributed by atoms with Crippen LogP contribution in [0.15, 0.2) is 52.5 Å². The van der Waals surface area contributed by atoms with E-state index in [2.05, 4.69) is 15.3 Å².